The van der Waals surface area contributed by atoms with Gasteiger partial charge in [-0.3, -0.25) is 0 Å². The van der Waals surface area contributed by atoms with Gasteiger partial charge in [-0.15, -0.1) is 11.8 Å². The summed E-state index contributed by atoms with van der Waals surface area (Å²) in [6.07, 6.45) is 2.56. The van der Waals surface area contributed by atoms with E-state index in [1.807, 2.05) is 11.8 Å². The number of hydrogen-bond acceptors (Lipinski definition) is 3. The lowest BCUT2D eigenvalue weighted by Crippen LogP contribution is -2.21. The van der Waals surface area contributed by atoms with E-state index in [4.69, 9.17) is 5.73 Å². The third kappa shape index (κ3) is 2.97. The highest BCUT2D eigenvalue weighted by Gasteiger charge is 2.09. The van der Waals surface area contributed by atoms with Crippen LogP contribution in [-0.2, 0) is 13.0 Å². The van der Waals surface area contributed by atoms with Crippen molar-refractivity contribution in [1.29, 1.82) is 0 Å². The lowest BCUT2D eigenvalue weighted by molar-refractivity contribution is 0.693. The fourth-order valence-electron chi connectivity index (χ4n) is 1.86. The number of rotatable bonds is 4. The van der Waals surface area contributed by atoms with Crippen LogP contribution in [0.2, 0.25) is 0 Å². The summed E-state index contributed by atoms with van der Waals surface area (Å²) < 4.78 is 0. The Morgan fingerprint density at radius 1 is 1.40 bits per heavy atom. The molecule has 3 N–H and O–H groups in total. The van der Waals surface area contributed by atoms with Crippen LogP contribution >= 0.6 is 11.8 Å². The standard InChI is InChI=1S/C12H18N2S/c13-5-6-14-9-10-3-4-12-11(8-10)2-1-7-15-12/h3-4,8,14H,1-2,5-7,9,13H2. The minimum absolute atomic E-state index is 0.709. The highest BCUT2D eigenvalue weighted by atomic mass is 32.2. The summed E-state index contributed by atoms with van der Waals surface area (Å²) in [6.45, 7) is 2.54. The molecule has 1 heterocycles. The van der Waals surface area contributed by atoms with Crippen molar-refractivity contribution in [1.82, 2.24) is 5.32 Å². The van der Waals surface area contributed by atoms with Crippen LogP contribution in [-0.4, -0.2) is 18.8 Å². The monoisotopic (exact) mass is 222 g/mol. The Hall–Kier alpha value is -0.510. The first-order chi connectivity index (χ1) is 7.40. The van der Waals surface area contributed by atoms with Gasteiger partial charge in [0.1, 0.15) is 0 Å². The summed E-state index contributed by atoms with van der Waals surface area (Å²) in [7, 11) is 0. The van der Waals surface area contributed by atoms with Crippen LogP contribution in [0.3, 0.4) is 0 Å². The molecule has 0 aliphatic carbocycles. The average molecular weight is 222 g/mol. The molecule has 0 saturated heterocycles. The molecule has 0 atom stereocenters. The predicted molar refractivity (Wildman–Crippen MR) is 66.2 cm³/mol. The number of benzene rings is 1. The highest BCUT2D eigenvalue weighted by Crippen LogP contribution is 2.30. The molecule has 3 heteroatoms. The van der Waals surface area contributed by atoms with Gasteiger partial charge < -0.3 is 11.1 Å². The van der Waals surface area contributed by atoms with Crippen LogP contribution in [0.5, 0.6) is 0 Å². The van der Waals surface area contributed by atoms with Gasteiger partial charge in [-0.1, -0.05) is 12.1 Å². The number of nitrogens with one attached hydrogen (secondary N) is 1. The number of aryl methyl sites for hydroxylation is 1. The van der Waals surface area contributed by atoms with Gasteiger partial charge in [-0.25, -0.2) is 0 Å². The lowest BCUT2D eigenvalue weighted by Gasteiger charge is -2.16. The zero-order valence-electron chi connectivity index (χ0n) is 8.96. The summed E-state index contributed by atoms with van der Waals surface area (Å²) >= 11 is 1.99. The molecule has 0 spiro atoms. The lowest BCUT2D eigenvalue weighted by atomic mass is 10.1. The van der Waals surface area contributed by atoms with Crippen LogP contribution in [0, 0.1) is 0 Å². The molecule has 2 rings (SSSR count). The zero-order valence-corrected chi connectivity index (χ0v) is 9.78. The van der Waals surface area contributed by atoms with Crippen LogP contribution < -0.4 is 11.1 Å². The molecule has 1 aromatic rings. The number of thioether (sulfide) groups is 1. The summed E-state index contributed by atoms with van der Waals surface area (Å²) in [6, 6.07) is 6.82. The van der Waals surface area contributed by atoms with Gasteiger partial charge >= 0.3 is 0 Å². The van der Waals surface area contributed by atoms with E-state index in [0.717, 1.165) is 13.1 Å². The molecule has 82 valence electrons. The first kappa shape index (κ1) is 11.0. The molecule has 0 bridgehead atoms. The summed E-state index contributed by atoms with van der Waals surface area (Å²) in [5.41, 5.74) is 8.34. The second-order valence-corrected chi connectivity index (χ2v) is 5.00. The summed E-state index contributed by atoms with van der Waals surface area (Å²) in [5, 5.41) is 3.33. The van der Waals surface area contributed by atoms with Gasteiger partial charge in [0.05, 0.1) is 0 Å². The topological polar surface area (TPSA) is 38.0 Å². The SMILES string of the molecule is NCCNCc1ccc2c(c1)CCCS2. The zero-order chi connectivity index (χ0) is 10.5. The molecule has 0 saturated carbocycles. The minimum Gasteiger partial charge on any atom is -0.329 e. The normalized spacial score (nSPS) is 15.0. The second-order valence-electron chi connectivity index (χ2n) is 3.86. The van der Waals surface area contributed by atoms with Crippen molar-refractivity contribution in [3.05, 3.63) is 29.3 Å². The fourth-order valence-corrected chi connectivity index (χ4v) is 2.88. The van der Waals surface area contributed by atoms with Crippen molar-refractivity contribution >= 4 is 11.8 Å². The van der Waals surface area contributed by atoms with E-state index in [1.165, 1.54) is 34.6 Å². The molecule has 2 nitrogen and oxygen atoms in total. The number of hydrogen-bond donors (Lipinski definition) is 2. The van der Waals surface area contributed by atoms with Gasteiger partial charge in [0.15, 0.2) is 0 Å². The Bertz CT molecular complexity index is 325. The number of nitrogens with two attached hydrogens (primary N) is 1. The largest absolute Gasteiger partial charge is 0.329 e. The molecular weight excluding hydrogens is 204 g/mol. The molecule has 0 fully saturated rings. The van der Waals surface area contributed by atoms with Crippen molar-refractivity contribution in [3.8, 4) is 0 Å². The Morgan fingerprint density at radius 3 is 3.20 bits per heavy atom. The van der Waals surface area contributed by atoms with E-state index in [9.17, 15) is 0 Å². The molecule has 1 aliphatic rings. The fraction of sp³-hybridized carbons (Fsp3) is 0.500. The molecule has 0 amide bonds. The molecule has 0 aromatic heterocycles. The van der Waals surface area contributed by atoms with E-state index in [1.54, 1.807) is 0 Å². The first-order valence-electron chi connectivity index (χ1n) is 5.55. The molecule has 15 heavy (non-hydrogen) atoms. The van der Waals surface area contributed by atoms with Gasteiger partial charge in [0, 0.05) is 24.5 Å². The van der Waals surface area contributed by atoms with Crippen molar-refractivity contribution in [2.45, 2.75) is 24.3 Å². The molecule has 1 aromatic carbocycles. The maximum Gasteiger partial charge on any atom is 0.0206 e. The van der Waals surface area contributed by atoms with Crippen molar-refractivity contribution in [2.75, 3.05) is 18.8 Å². The van der Waals surface area contributed by atoms with Crippen molar-refractivity contribution < 1.29 is 0 Å². The Balaban J connectivity index is 2.00. The summed E-state index contributed by atoms with van der Waals surface area (Å²) in [5.74, 6) is 1.28. The van der Waals surface area contributed by atoms with E-state index in [2.05, 4.69) is 23.5 Å². The van der Waals surface area contributed by atoms with Gasteiger partial charge in [0.25, 0.3) is 0 Å². The summed E-state index contributed by atoms with van der Waals surface area (Å²) in [4.78, 5) is 1.48. The first-order valence-corrected chi connectivity index (χ1v) is 6.54. The molecule has 0 radical (unpaired) electrons. The smallest absolute Gasteiger partial charge is 0.0206 e. The van der Waals surface area contributed by atoms with Gasteiger partial charge in [-0.2, -0.15) is 0 Å². The van der Waals surface area contributed by atoms with Crippen LogP contribution in [0.25, 0.3) is 0 Å². The van der Waals surface area contributed by atoms with E-state index < -0.39 is 0 Å². The Morgan fingerprint density at radius 2 is 2.33 bits per heavy atom. The van der Waals surface area contributed by atoms with Crippen molar-refractivity contribution in [2.24, 2.45) is 5.73 Å². The van der Waals surface area contributed by atoms with Crippen LogP contribution in [0.1, 0.15) is 17.5 Å². The Kier molecular flexibility index (Phi) is 4.06. The quantitative estimate of drug-likeness (QED) is 0.763. The van der Waals surface area contributed by atoms with Crippen LogP contribution in [0.15, 0.2) is 23.1 Å². The molecule has 0 unspecified atom stereocenters. The minimum atomic E-state index is 0.709. The predicted octanol–water partition coefficient (Wildman–Crippen LogP) is 1.77. The highest BCUT2D eigenvalue weighted by molar-refractivity contribution is 7.99. The van der Waals surface area contributed by atoms with Crippen molar-refractivity contribution in [3.63, 3.8) is 0 Å². The Labute approximate surface area is 95.6 Å². The number of fused-ring (bicyclic) bond motifs is 1. The maximum absolute atomic E-state index is 5.44. The van der Waals surface area contributed by atoms with Gasteiger partial charge in [0.2, 0.25) is 0 Å². The van der Waals surface area contributed by atoms with Crippen LogP contribution in [0.4, 0.5) is 0 Å². The van der Waals surface area contributed by atoms with Gasteiger partial charge in [-0.05, 0) is 35.8 Å². The molecular formula is C12H18N2S. The average Bonchev–Trinajstić information content (AvgIpc) is 2.29. The van der Waals surface area contributed by atoms with E-state index in [-0.39, 0.29) is 0 Å². The second kappa shape index (κ2) is 5.54. The maximum atomic E-state index is 5.44. The third-order valence-corrected chi connectivity index (χ3v) is 3.83. The third-order valence-electron chi connectivity index (χ3n) is 2.62. The van der Waals surface area contributed by atoms with E-state index >= 15 is 0 Å². The van der Waals surface area contributed by atoms with E-state index in [0.29, 0.717) is 6.54 Å². The molecule has 1 aliphatic heterocycles.